The summed E-state index contributed by atoms with van der Waals surface area (Å²) < 4.78 is 11.1. The van der Waals surface area contributed by atoms with Crippen LogP contribution in [0.1, 0.15) is 26.2 Å². The maximum absolute atomic E-state index is 12.3. The molecule has 104 valence electrons. The number of rotatable bonds is 3. The van der Waals surface area contributed by atoms with Gasteiger partial charge in [0.1, 0.15) is 6.10 Å². The van der Waals surface area contributed by atoms with Crippen LogP contribution in [0.4, 0.5) is 0 Å². The predicted octanol–water partition coefficient (Wildman–Crippen LogP) is 0.376. The molecule has 5 nitrogen and oxygen atoms in total. The second-order valence-electron chi connectivity index (χ2n) is 5.38. The minimum atomic E-state index is -0.288. The van der Waals surface area contributed by atoms with Crippen LogP contribution >= 0.6 is 0 Å². The first kappa shape index (κ1) is 13.8. The number of hydrogen-bond donors (Lipinski definition) is 1. The van der Waals surface area contributed by atoms with E-state index in [9.17, 15) is 4.79 Å². The van der Waals surface area contributed by atoms with Gasteiger partial charge in [-0.15, -0.1) is 0 Å². The van der Waals surface area contributed by atoms with Crippen LogP contribution in [0.15, 0.2) is 0 Å². The van der Waals surface area contributed by atoms with E-state index in [0.717, 1.165) is 25.8 Å². The summed E-state index contributed by atoms with van der Waals surface area (Å²) in [6.45, 7) is 4.17. The molecule has 0 aliphatic carbocycles. The second-order valence-corrected chi connectivity index (χ2v) is 5.38. The molecule has 2 saturated heterocycles. The van der Waals surface area contributed by atoms with Crippen LogP contribution in [0.3, 0.4) is 0 Å². The largest absolute Gasteiger partial charge is 0.379 e. The van der Waals surface area contributed by atoms with Crippen LogP contribution in [0.2, 0.25) is 0 Å². The van der Waals surface area contributed by atoms with Crippen LogP contribution < -0.4 is 5.73 Å². The highest BCUT2D eigenvalue weighted by Crippen LogP contribution is 2.24. The average molecular weight is 256 g/mol. The highest BCUT2D eigenvalue weighted by molar-refractivity contribution is 5.81. The molecule has 2 rings (SSSR count). The number of hydrogen-bond acceptors (Lipinski definition) is 4. The number of likely N-dealkylation sites (tertiary alicyclic amines) is 1. The summed E-state index contributed by atoms with van der Waals surface area (Å²) >= 11 is 0. The molecule has 5 heteroatoms. The van der Waals surface area contributed by atoms with Crippen molar-refractivity contribution in [2.45, 2.75) is 44.5 Å². The number of carbonyl (C=O) groups is 1. The third-order valence-electron chi connectivity index (χ3n) is 4.15. The molecule has 0 aromatic rings. The summed E-state index contributed by atoms with van der Waals surface area (Å²) in [6, 6.07) is 0. The topological polar surface area (TPSA) is 64.8 Å². The minimum absolute atomic E-state index is 0.0564. The summed E-state index contributed by atoms with van der Waals surface area (Å²) in [5, 5.41) is 0. The van der Waals surface area contributed by atoms with E-state index in [0.29, 0.717) is 19.0 Å². The Morgan fingerprint density at radius 3 is 2.83 bits per heavy atom. The molecule has 0 spiro atoms. The zero-order valence-corrected chi connectivity index (χ0v) is 11.3. The number of piperidine rings is 1. The Labute approximate surface area is 109 Å². The molecule has 2 N–H and O–H groups in total. The smallest absolute Gasteiger partial charge is 0.251 e. The molecule has 0 saturated carbocycles. The zero-order valence-electron chi connectivity index (χ0n) is 11.3. The molecule has 2 heterocycles. The molecule has 1 amide bonds. The lowest BCUT2D eigenvalue weighted by molar-refractivity contribution is -0.147. The fourth-order valence-electron chi connectivity index (χ4n) is 2.81. The second kappa shape index (κ2) is 5.99. The lowest BCUT2D eigenvalue weighted by Gasteiger charge is -2.37. The van der Waals surface area contributed by atoms with Crippen molar-refractivity contribution in [1.82, 2.24) is 4.90 Å². The van der Waals surface area contributed by atoms with Crippen molar-refractivity contribution in [2.24, 2.45) is 11.7 Å². The molecule has 0 aromatic carbocycles. The van der Waals surface area contributed by atoms with E-state index in [2.05, 4.69) is 6.92 Å². The molecule has 0 radical (unpaired) electrons. The number of carbonyl (C=O) groups excluding carboxylic acids is 1. The first-order valence-corrected chi connectivity index (χ1v) is 6.82. The van der Waals surface area contributed by atoms with Crippen LogP contribution in [-0.4, -0.2) is 55.9 Å². The Kier molecular flexibility index (Phi) is 4.59. The van der Waals surface area contributed by atoms with Gasteiger partial charge in [0.25, 0.3) is 5.91 Å². The number of nitrogens with two attached hydrogens (primary N) is 1. The number of ether oxygens (including phenoxy) is 2. The number of nitrogens with zero attached hydrogens (tertiary/aromatic N) is 1. The van der Waals surface area contributed by atoms with Crippen molar-refractivity contribution < 1.29 is 14.3 Å². The highest BCUT2D eigenvalue weighted by Gasteiger charge is 2.36. The maximum atomic E-state index is 12.3. The molecule has 0 aromatic heterocycles. The third-order valence-corrected chi connectivity index (χ3v) is 4.15. The Bertz CT molecular complexity index is 298. The number of methoxy groups -OCH3 is 1. The molecule has 2 aliphatic heterocycles. The molecule has 18 heavy (non-hydrogen) atoms. The highest BCUT2D eigenvalue weighted by atomic mass is 16.5. The Morgan fingerprint density at radius 2 is 2.22 bits per heavy atom. The van der Waals surface area contributed by atoms with E-state index in [1.54, 1.807) is 7.11 Å². The van der Waals surface area contributed by atoms with Crippen molar-refractivity contribution in [1.29, 1.82) is 0 Å². The van der Waals surface area contributed by atoms with Crippen molar-refractivity contribution in [3.8, 4) is 0 Å². The molecule has 2 fully saturated rings. The van der Waals surface area contributed by atoms with Crippen molar-refractivity contribution in [3.63, 3.8) is 0 Å². The molecule has 0 bridgehead atoms. The standard InChI is InChI=1S/C13H24N2O3/c1-9-5-6-15(8-12(9)17-2)13(16)11-4-3-10(7-14)18-11/h9-12H,3-8,14H2,1-2H3. The van der Waals surface area contributed by atoms with E-state index >= 15 is 0 Å². The van der Waals surface area contributed by atoms with Crippen molar-refractivity contribution in [2.75, 3.05) is 26.7 Å². The van der Waals surface area contributed by atoms with Crippen molar-refractivity contribution >= 4 is 5.91 Å². The quantitative estimate of drug-likeness (QED) is 0.792. The monoisotopic (exact) mass is 256 g/mol. The molecule has 4 atom stereocenters. The van der Waals surface area contributed by atoms with E-state index in [-0.39, 0.29) is 24.2 Å². The minimum Gasteiger partial charge on any atom is -0.379 e. The lowest BCUT2D eigenvalue weighted by Crippen LogP contribution is -2.50. The van der Waals surface area contributed by atoms with E-state index in [1.165, 1.54) is 0 Å². The fraction of sp³-hybridized carbons (Fsp3) is 0.923. The van der Waals surface area contributed by atoms with Gasteiger partial charge in [-0.05, 0) is 25.2 Å². The first-order chi connectivity index (χ1) is 8.65. The van der Waals surface area contributed by atoms with E-state index in [1.807, 2.05) is 4.90 Å². The van der Waals surface area contributed by atoms with Gasteiger partial charge in [0, 0.05) is 26.7 Å². The van der Waals surface area contributed by atoms with Gasteiger partial charge in [-0.2, -0.15) is 0 Å². The van der Waals surface area contributed by atoms with E-state index in [4.69, 9.17) is 15.2 Å². The van der Waals surface area contributed by atoms with Gasteiger partial charge in [-0.1, -0.05) is 6.92 Å². The summed E-state index contributed by atoms with van der Waals surface area (Å²) in [4.78, 5) is 14.2. The van der Waals surface area contributed by atoms with Gasteiger partial charge < -0.3 is 20.1 Å². The van der Waals surface area contributed by atoms with E-state index < -0.39 is 0 Å². The zero-order chi connectivity index (χ0) is 13.1. The van der Waals surface area contributed by atoms with Crippen LogP contribution in [-0.2, 0) is 14.3 Å². The lowest BCUT2D eigenvalue weighted by atomic mass is 9.95. The van der Waals surface area contributed by atoms with Crippen LogP contribution in [0, 0.1) is 5.92 Å². The van der Waals surface area contributed by atoms with Gasteiger partial charge in [0.2, 0.25) is 0 Å². The Morgan fingerprint density at radius 1 is 1.44 bits per heavy atom. The van der Waals surface area contributed by atoms with Crippen molar-refractivity contribution in [3.05, 3.63) is 0 Å². The predicted molar refractivity (Wildman–Crippen MR) is 68.1 cm³/mol. The first-order valence-electron chi connectivity index (χ1n) is 6.82. The fourth-order valence-corrected chi connectivity index (χ4v) is 2.81. The van der Waals surface area contributed by atoms with Gasteiger partial charge in [0.15, 0.2) is 0 Å². The molecule has 4 unspecified atom stereocenters. The van der Waals surface area contributed by atoms with Gasteiger partial charge in [-0.25, -0.2) is 0 Å². The van der Waals surface area contributed by atoms with Crippen LogP contribution in [0.5, 0.6) is 0 Å². The normalized spacial score (nSPS) is 36.9. The third kappa shape index (κ3) is 2.84. The summed E-state index contributed by atoms with van der Waals surface area (Å²) in [6.07, 6.45) is 2.60. The molecular weight excluding hydrogens is 232 g/mol. The van der Waals surface area contributed by atoms with Gasteiger partial charge in [0.05, 0.1) is 12.2 Å². The maximum Gasteiger partial charge on any atom is 0.251 e. The Balaban J connectivity index is 1.89. The summed E-state index contributed by atoms with van der Waals surface area (Å²) in [5.41, 5.74) is 5.57. The molecular formula is C13H24N2O3. The van der Waals surface area contributed by atoms with Gasteiger partial charge >= 0.3 is 0 Å². The number of amides is 1. The average Bonchev–Trinajstić information content (AvgIpc) is 2.87. The van der Waals surface area contributed by atoms with Gasteiger partial charge in [-0.3, -0.25) is 4.79 Å². The molecule has 2 aliphatic rings. The van der Waals surface area contributed by atoms with Crippen LogP contribution in [0.25, 0.3) is 0 Å². The summed E-state index contributed by atoms with van der Waals surface area (Å²) in [7, 11) is 1.71. The summed E-state index contributed by atoms with van der Waals surface area (Å²) in [5.74, 6) is 0.625. The SMILES string of the molecule is COC1CN(C(=O)C2CCC(CN)O2)CCC1C. The Hall–Kier alpha value is -0.650.